The molecule has 0 bridgehead atoms. The molecule has 1 atom stereocenters. The zero-order valence-corrected chi connectivity index (χ0v) is 12.4. The second-order valence-electron chi connectivity index (χ2n) is 4.84. The molecule has 106 valence electrons. The Morgan fingerprint density at radius 1 is 1.35 bits per heavy atom. The summed E-state index contributed by atoms with van der Waals surface area (Å²) in [6, 6.07) is 12.1. The van der Waals surface area contributed by atoms with Gasteiger partial charge in [-0.15, -0.1) is 0 Å². The fraction of sp³-hybridized carbons (Fsp3) is 0.267. The van der Waals surface area contributed by atoms with E-state index in [1.807, 2.05) is 36.5 Å². The fourth-order valence-electron chi connectivity index (χ4n) is 2.05. The van der Waals surface area contributed by atoms with Crippen molar-refractivity contribution in [3.8, 4) is 0 Å². The highest BCUT2D eigenvalue weighted by Gasteiger charge is 2.12. The first-order valence-corrected chi connectivity index (χ1v) is 6.85. The first-order chi connectivity index (χ1) is 9.60. The molecule has 1 aromatic heterocycles. The molecular formula is C15H19ClN4. The number of nitrogens with two attached hydrogens (primary N) is 1. The van der Waals surface area contributed by atoms with Crippen molar-refractivity contribution < 1.29 is 0 Å². The lowest BCUT2D eigenvalue weighted by molar-refractivity contribution is 0.253. The summed E-state index contributed by atoms with van der Waals surface area (Å²) < 4.78 is 0. The lowest BCUT2D eigenvalue weighted by atomic mass is 10.1. The van der Waals surface area contributed by atoms with Crippen molar-refractivity contribution in [2.45, 2.75) is 19.5 Å². The number of benzene rings is 1. The summed E-state index contributed by atoms with van der Waals surface area (Å²) in [7, 11) is 2.08. The van der Waals surface area contributed by atoms with Gasteiger partial charge in [-0.1, -0.05) is 29.8 Å². The van der Waals surface area contributed by atoms with Crippen LogP contribution in [0.1, 0.15) is 24.1 Å². The van der Waals surface area contributed by atoms with E-state index in [0.717, 1.165) is 17.1 Å². The standard InChI is InChI=1S/C15H19ClN4/c1-11(13-4-3-5-14(16)8-13)20(2)10-12-6-7-15(19-17)18-9-12/h3-9,11H,10,17H2,1-2H3,(H,18,19). The molecule has 1 heterocycles. The van der Waals surface area contributed by atoms with Gasteiger partial charge in [-0.25, -0.2) is 10.8 Å². The number of rotatable bonds is 5. The zero-order valence-electron chi connectivity index (χ0n) is 11.7. The SMILES string of the molecule is CC(c1cccc(Cl)c1)N(C)Cc1ccc(NN)nc1. The summed E-state index contributed by atoms with van der Waals surface area (Å²) >= 11 is 6.04. The first kappa shape index (κ1) is 14.8. The van der Waals surface area contributed by atoms with Crippen molar-refractivity contribution in [1.82, 2.24) is 9.88 Å². The Morgan fingerprint density at radius 3 is 2.75 bits per heavy atom. The van der Waals surface area contributed by atoms with E-state index in [0.29, 0.717) is 5.82 Å². The van der Waals surface area contributed by atoms with Gasteiger partial charge in [0.25, 0.3) is 0 Å². The Hall–Kier alpha value is -1.62. The van der Waals surface area contributed by atoms with Crippen LogP contribution in [-0.4, -0.2) is 16.9 Å². The van der Waals surface area contributed by atoms with E-state index in [-0.39, 0.29) is 6.04 Å². The minimum Gasteiger partial charge on any atom is -0.308 e. The van der Waals surface area contributed by atoms with Gasteiger partial charge in [-0.2, -0.15) is 0 Å². The summed E-state index contributed by atoms with van der Waals surface area (Å²) in [6.07, 6.45) is 1.83. The molecule has 5 heteroatoms. The third-order valence-corrected chi connectivity index (χ3v) is 3.63. The second kappa shape index (κ2) is 6.70. The molecule has 2 aromatic rings. The number of nitrogens with zero attached hydrogens (tertiary/aromatic N) is 2. The number of aromatic nitrogens is 1. The van der Waals surface area contributed by atoms with Gasteiger partial charge in [0.2, 0.25) is 0 Å². The number of halogens is 1. The van der Waals surface area contributed by atoms with E-state index >= 15 is 0 Å². The largest absolute Gasteiger partial charge is 0.308 e. The molecule has 0 spiro atoms. The lowest BCUT2D eigenvalue weighted by Gasteiger charge is -2.25. The van der Waals surface area contributed by atoms with Crippen LogP contribution in [0, 0.1) is 0 Å². The maximum atomic E-state index is 6.04. The van der Waals surface area contributed by atoms with Gasteiger partial charge in [0.05, 0.1) is 0 Å². The molecule has 4 nitrogen and oxygen atoms in total. The van der Waals surface area contributed by atoms with E-state index in [1.54, 1.807) is 0 Å². The van der Waals surface area contributed by atoms with Crippen molar-refractivity contribution in [3.05, 3.63) is 58.7 Å². The van der Waals surface area contributed by atoms with Gasteiger partial charge in [-0.05, 0) is 43.3 Å². The maximum absolute atomic E-state index is 6.04. The molecule has 20 heavy (non-hydrogen) atoms. The molecule has 0 aliphatic heterocycles. The van der Waals surface area contributed by atoms with Gasteiger partial charge < -0.3 is 5.43 Å². The van der Waals surface area contributed by atoms with Crippen molar-refractivity contribution in [3.63, 3.8) is 0 Å². The van der Waals surface area contributed by atoms with Crippen molar-refractivity contribution >= 4 is 17.4 Å². The highest BCUT2D eigenvalue weighted by molar-refractivity contribution is 6.30. The molecule has 0 fully saturated rings. The topological polar surface area (TPSA) is 54.2 Å². The highest BCUT2D eigenvalue weighted by atomic mass is 35.5. The predicted octanol–water partition coefficient (Wildman–Crippen LogP) is 3.21. The van der Waals surface area contributed by atoms with Gasteiger partial charge in [0.15, 0.2) is 0 Å². The minimum absolute atomic E-state index is 0.279. The van der Waals surface area contributed by atoms with Gasteiger partial charge >= 0.3 is 0 Å². The van der Waals surface area contributed by atoms with Crippen LogP contribution in [0.15, 0.2) is 42.6 Å². The molecule has 0 saturated heterocycles. The second-order valence-corrected chi connectivity index (χ2v) is 5.28. The summed E-state index contributed by atoms with van der Waals surface area (Å²) in [4.78, 5) is 6.46. The quantitative estimate of drug-likeness (QED) is 0.656. The van der Waals surface area contributed by atoms with Crippen LogP contribution in [0.2, 0.25) is 5.02 Å². The maximum Gasteiger partial charge on any atom is 0.139 e. The Morgan fingerprint density at radius 2 is 2.15 bits per heavy atom. The monoisotopic (exact) mass is 290 g/mol. The Labute approximate surface area is 124 Å². The van der Waals surface area contributed by atoms with Crippen LogP contribution in [0.4, 0.5) is 5.82 Å². The van der Waals surface area contributed by atoms with Gasteiger partial charge in [0, 0.05) is 23.8 Å². The fourth-order valence-corrected chi connectivity index (χ4v) is 2.25. The van der Waals surface area contributed by atoms with Crippen molar-refractivity contribution in [1.29, 1.82) is 0 Å². The molecule has 0 aliphatic carbocycles. The number of nitrogens with one attached hydrogen (secondary N) is 1. The van der Waals surface area contributed by atoms with Crippen LogP contribution in [0.5, 0.6) is 0 Å². The van der Waals surface area contributed by atoms with Gasteiger partial charge in [0.1, 0.15) is 5.82 Å². The number of hydrogen-bond acceptors (Lipinski definition) is 4. The zero-order chi connectivity index (χ0) is 14.5. The smallest absolute Gasteiger partial charge is 0.139 e. The summed E-state index contributed by atoms with van der Waals surface area (Å²) in [6.45, 7) is 2.97. The van der Waals surface area contributed by atoms with E-state index in [2.05, 4.69) is 35.3 Å². The molecule has 1 unspecified atom stereocenters. The number of pyridine rings is 1. The van der Waals surface area contributed by atoms with E-state index in [4.69, 9.17) is 17.4 Å². The molecule has 1 aromatic carbocycles. The average Bonchev–Trinajstić information content (AvgIpc) is 2.47. The van der Waals surface area contributed by atoms with Crippen LogP contribution >= 0.6 is 11.6 Å². The van der Waals surface area contributed by atoms with E-state index in [1.165, 1.54) is 5.56 Å². The molecular weight excluding hydrogens is 272 g/mol. The van der Waals surface area contributed by atoms with Crippen LogP contribution in [0.25, 0.3) is 0 Å². The number of hydrazine groups is 1. The van der Waals surface area contributed by atoms with Crippen LogP contribution in [-0.2, 0) is 6.54 Å². The predicted molar refractivity (Wildman–Crippen MR) is 83.4 cm³/mol. The molecule has 3 N–H and O–H groups in total. The van der Waals surface area contributed by atoms with Crippen LogP contribution in [0.3, 0.4) is 0 Å². The van der Waals surface area contributed by atoms with Crippen LogP contribution < -0.4 is 11.3 Å². The molecule has 0 radical (unpaired) electrons. The Kier molecular flexibility index (Phi) is 4.95. The number of hydrogen-bond donors (Lipinski definition) is 2. The summed E-state index contributed by atoms with van der Waals surface area (Å²) in [5.41, 5.74) is 4.86. The number of nitrogen functional groups attached to an aromatic ring is 1. The molecule has 2 rings (SSSR count). The third-order valence-electron chi connectivity index (χ3n) is 3.40. The van der Waals surface area contributed by atoms with Gasteiger partial charge in [-0.3, -0.25) is 4.90 Å². The Balaban J connectivity index is 2.04. The third kappa shape index (κ3) is 3.70. The van der Waals surface area contributed by atoms with Crippen molar-refractivity contribution in [2.75, 3.05) is 12.5 Å². The first-order valence-electron chi connectivity index (χ1n) is 6.47. The van der Waals surface area contributed by atoms with E-state index in [9.17, 15) is 0 Å². The molecule has 0 aliphatic rings. The lowest BCUT2D eigenvalue weighted by Crippen LogP contribution is -2.22. The average molecular weight is 291 g/mol. The summed E-state index contributed by atoms with van der Waals surface area (Å²) in [5, 5.41) is 0.766. The minimum atomic E-state index is 0.279. The van der Waals surface area contributed by atoms with E-state index < -0.39 is 0 Å². The normalized spacial score (nSPS) is 12.4. The highest BCUT2D eigenvalue weighted by Crippen LogP contribution is 2.23. The molecule has 0 amide bonds. The Bertz CT molecular complexity index is 556. The van der Waals surface area contributed by atoms with Crippen molar-refractivity contribution in [2.24, 2.45) is 5.84 Å². The molecule has 0 saturated carbocycles. The summed E-state index contributed by atoms with van der Waals surface area (Å²) in [5.74, 6) is 5.97. The number of anilines is 1.